The van der Waals surface area contributed by atoms with Crippen molar-refractivity contribution in [3.8, 4) is 5.75 Å². The molecule has 0 radical (unpaired) electrons. The van der Waals surface area contributed by atoms with Crippen molar-refractivity contribution in [3.63, 3.8) is 0 Å². The van der Waals surface area contributed by atoms with E-state index >= 15 is 0 Å². The van der Waals surface area contributed by atoms with Gasteiger partial charge in [0.15, 0.2) is 0 Å². The summed E-state index contributed by atoms with van der Waals surface area (Å²) in [7, 11) is 1.33. The lowest BCUT2D eigenvalue weighted by molar-refractivity contribution is -0.139. The molecule has 0 unspecified atom stereocenters. The molecule has 1 aromatic rings. The van der Waals surface area contributed by atoms with Gasteiger partial charge < -0.3 is 9.84 Å². The standard InChI is InChI=1S/C9H9IO3/c1-13-8(11)5-6-3-2-4-7(10)9(6)12/h2-4,12H,5H2,1H3. The molecule has 1 N–H and O–H groups in total. The van der Waals surface area contributed by atoms with E-state index in [1.54, 1.807) is 18.2 Å². The maximum atomic E-state index is 10.9. The molecule has 1 rings (SSSR count). The first-order chi connectivity index (χ1) is 6.15. The molecule has 3 nitrogen and oxygen atoms in total. The van der Waals surface area contributed by atoms with E-state index < -0.39 is 0 Å². The first kappa shape index (κ1) is 10.3. The number of hydrogen-bond donors (Lipinski definition) is 1. The van der Waals surface area contributed by atoms with Crippen LogP contribution in [0.5, 0.6) is 5.75 Å². The summed E-state index contributed by atoms with van der Waals surface area (Å²) in [6.07, 6.45) is 0.110. The predicted octanol–water partition coefficient (Wildman–Crippen LogP) is 1.71. The number of phenols is 1. The van der Waals surface area contributed by atoms with Crippen molar-refractivity contribution < 1.29 is 14.6 Å². The lowest BCUT2D eigenvalue weighted by Gasteiger charge is -2.04. The van der Waals surface area contributed by atoms with E-state index in [0.29, 0.717) is 5.56 Å². The van der Waals surface area contributed by atoms with E-state index in [9.17, 15) is 9.90 Å². The zero-order chi connectivity index (χ0) is 9.84. The van der Waals surface area contributed by atoms with E-state index in [0.717, 1.165) is 3.57 Å². The molecule has 0 heterocycles. The quantitative estimate of drug-likeness (QED) is 0.667. The molecule has 0 aromatic heterocycles. The minimum absolute atomic E-state index is 0.110. The average molecular weight is 292 g/mol. The van der Waals surface area contributed by atoms with Crippen molar-refractivity contribution in [2.75, 3.05) is 7.11 Å². The fourth-order valence-electron chi connectivity index (χ4n) is 0.930. The zero-order valence-corrected chi connectivity index (χ0v) is 9.24. The number of phenolic OH excluding ortho intramolecular Hbond substituents is 1. The number of carbonyl (C=O) groups excluding carboxylic acids is 1. The smallest absolute Gasteiger partial charge is 0.310 e. The summed E-state index contributed by atoms with van der Waals surface area (Å²) in [5.74, 6) is -0.189. The fraction of sp³-hybridized carbons (Fsp3) is 0.222. The zero-order valence-electron chi connectivity index (χ0n) is 7.08. The van der Waals surface area contributed by atoms with Gasteiger partial charge >= 0.3 is 5.97 Å². The first-order valence-electron chi connectivity index (χ1n) is 3.68. The second kappa shape index (κ2) is 4.45. The number of para-hydroxylation sites is 1. The Morgan fingerprint density at radius 2 is 2.31 bits per heavy atom. The maximum absolute atomic E-state index is 10.9. The summed E-state index contributed by atoms with van der Waals surface area (Å²) in [5.41, 5.74) is 0.596. The van der Waals surface area contributed by atoms with Crippen LogP contribution >= 0.6 is 22.6 Å². The van der Waals surface area contributed by atoms with Gasteiger partial charge in [-0.15, -0.1) is 0 Å². The van der Waals surface area contributed by atoms with Crippen LogP contribution in [0.15, 0.2) is 18.2 Å². The van der Waals surface area contributed by atoms with Gasteiger partial charge in [-0.25, -0.2) is 0 Å². The summed E-state index contributed by atoms with van der Waals surface area (Å²) in [6, 6.07) is 5.27. The minimum Gasteiger partial charge on any atom is -0.507 e. The Hall–Kier alpha value is -0.780. The monoisotopic (exact) mass is 292 g/mol. The van der Waals surface area contributed by atoms with Gasteiger partial charge in [0.1, 0.15) is 5.75 Å². The van der Waals surface area contributed by atoms with Crippen LogP contribution in [0.25, 0.3) is 0 Å². The van der Waals surface area contributed by atoms with Gasteiger partial charge in [-0.05, 0) is 28.7 Å². The average Bonchev–Trinajstić information content (AvgIpc) is 2.13. The Morgan fingerprint density at radius 1 is 1.62 bits per heavy atom. The number of methoxy groups -OCH3 is 1. The highest BCUT2D eigenvalue weighted by molar-refractivity contribution is 14.1. The number of esters is 1. The van der Waals surface area contributed by atoms with Crippen molar-refractivity contribution in [2.24, 2.45) is 0 Å². The van der Waals surface area contributed by atoms with Crippen LogP contribution in [0.2, 0.25) is 0 Å². The Bertz CT molecular complexity index is 323. The Morgan fingerprint density at radius 3 is 2.92 bits per heavy atom. The van der Waals surface area contributed by atoms with Crippen LogP contribution < -0.4 is 0 Å². The number of rotatable bonds is 2. The molecule has 13 heavy (non-hydrogen) atoms. The number of carbonyl (C=O) groups is 1. The van der Waals surface area contributed by atoms with E-state index in [-0.39, 0.29) is 18.1 Å². The molecule has 70 valence electrons. The Kier molecular flexibility index (Phi) is 3.53. The third-order valence-corrected chi connectivity index (χ3v) is 2.50. The molecule has 0 aliphatic heterocycles. The van der Waals surface area contributed by atoms with E-state index in [1.165, 1.54) is 7.11 Å². The van der Waals surface area contributed by atoms with Gasteiger partial charge in [-0.1, -0.05) is 12.1 Å². The topological polar surface area (TPSA) is 46.5 Å². The first-order valence-corrected chi connectivity index (χ1v) is 4.76. The lowest BCUT2D eigenvalue weighted by atomic mass is 10.1. The van der Waals surface area contributed by atoms with E-state index in [1.807, 2.05) is 22.6 Å². The third kappa shape index (κ3) is 2.58. The van der Waals surface area contributed by atoms with Crippen molar-refractivity contribution in [3.05, 3.63) is 27.3 Å². The molecular weight excluding hydrogens is 283 g/mol. The molecular formula is C9H9IO3. The number of halogens is 1. The number of aromatic hydroxyl groups is 1. The Balaban J connectivity index is 2.89. The number of hydrogen-bond acceptors (Lipinski definition) is 3. The minimum atomic E-state index is -0.350. The summed E-state index contributed by atoms with van der Waals surface area (Å²) < 4.78 is 5.23. The van der Waals surface area contributed by atoms with Crippen LogP contribution in [0, 0.1) is 3.57 Å². The molecule has 0 aliphatic carbocycles. The largest absolute Gasteiger partial charge is 0.507 e. The van der Waals surface area contributed by atoms with Crippen LogP contribution in [0.4, 0.5) is 0 Å². The van der Waals surface area contributed by atoms with Gasteiger partial charge in [-0.2, -0.15) is 0 Å². The van der Waals surface area contributed by atoms with Crippen molar-refractivity contribution in [1.29, 1.82) is 0 Å². The van der Waals surface area contributed by atoms with Crippen LogP contribution in [-0.2, 0) is 16.0 Å². The molecule has 0 saturated heterocycles. The van der Waals surface area contributed by atoms with Crippen LogP contribution in [0.3, 0.4) is 0 Å². The molecule has 0 fully saturated rings. The van der Waals surface area contributed by atoms with Gasteiger partial charge in [0.05, 0.1) is 17.1 Å². The SMILES string of the molecule is COC(=O)Cc1cccc(I)c1O. The molecule has 0 bridgehead atoms. The molecule has 0 amide bonds. The summed E-state index contributed by atoms with van der Waals surface area (Å²) >= 11 is 2.01. The second-order valence-electron chi connectivity index (χ2n) is 2.50. The molecule has 0 spiro atoms. The van der Waals surface area contributed by atoms with Crippen molar-refractivity contribution >= 4 is 28.6 Å². The third-order valence-electron chi connectivity index (χ3n) is 1.63. The molecule has 0 atom stereocenters. The summed E-state index contributed by atoms with van der Waals surface area (Å²) in [6.45, 7) is 0. The Labute approximate surface area is 89.9 Å². The lowest BCUT2D eigenvalue weighted by Crippen LogP contribution is -2.04. The van der Waals surface area contributed by atoms with E-state index in [2.05, 4.69) is 4.74 Å². The molecule has 0 aliphatic rings. The highest BCUT2D eigenvalue weighted by Crippen LogP contribution is 2.24. The highest BCUT2D eigenvalue weighted by Gasteiger charge is 2.08. The van der Waals surface area contributed by atoms with Crippen LogP contribution in [0.1, 0.15) is 5.56 Å². The van der Waals surface area contributed by atoms with Crippen molar-refractivity contribution in [1.82, 2.24) is 0 Å². The van der Waals surface area contributed by atoms with Gasteiger partial charge in [0.2, 0.25) is 0 Å². The van der Waals surface area contributed by atoms with Crippen molar-refractivity contribution in [2.45, 2.75) is 6.42 Å². The highest BCUT2D eigenvalue weighted by atomic mass is 127. The maximum Gasteiger partial charge on any atom is 0.310 e. The van der Waals surface area contributed by atoms with Crippen LogP contribution in [-0.4, -0.2) is 18.2 Å². The molecule has 4 heteroatoms. The fourth-order valence-corrected chi connectivity index (χ4v) is 1.48. The molecule has 1 aromatic carbocycles. The number of benzene rings is 1. The van der Waals surface area contributed by atoms with Gasteiger partial charge in [-0.3, -0.25) is 4.79 Å². The summed E-state index contributed by atoms with van der Waals surface area (Å²) in [4.78, 5) is 10.9. The number of ether oxygens (including phenoxy) is 1. The molecule has 0 saturated carbocycles. The van der Waals surface area contributed by atoms with E-state index in [4.69, 9.17) is 0 Å². The second-order valence-corrected chi connectivity index (χ2v) is 3.66. The normalized spacial score (nSPS) is 9.69. The predicted molar refractivity (Wildman–Crippen MR) is 56.5 cm³/mol. The summed E-state index contributed by atoms with van der Waals surface area (Å²) in [5, 5.41) is 9.53. The van der Waals surface area contributed by atoms with Gasteiger partial charge in [0.25, 0.3) is 0 Å². The van der Waals surface area contributed by atoms with Gasteiger partial charge in [0, 0.05) is 5.56 Å².